The summed E-state index contributed by atoms with van der Waals surface area (Å²) in [6.45, 7) is 5.65. The van der Waals surface area contributed by atoms with Gasteiger partial charge in [-0.25, -0.2) is 4.79 Å². The molecule has 1 aliphatic heterocycles. The summed E-state index contributed by atoms with van der Waals surface area (Å²) in [6.07, 6.45) is 4.97. The van der Waals surface area contributed by atoms with Gasteiger partial charge in [-0.15, -0.1) is 0 Å². The van der Waals surface area contributed by atoms with Crippen LogP contribution in [0.5, 0.6) is 0 Å². The van der Waals surface area contributed by atoms with Crippen LogP contribution < -0.4 is 0 Å². The lowest BCUT2D eigenvalue weighted by Crippen LogP contribution is -2.39. The number of esters is 1. The zero-order chi connectivity index (χ0) is 19.4. The Balaban J connectivity index is 1.54. The summed E-state index contributed by atoms with van der Waals surface area (Å²) in [7, 11) is 1.40. The number of rotatable bonds is 5. The van der Waals surface area contributed by atoms with Gasteiger partial charge in [0.25, 0.3) is 0 Å². The van der Waals surface area contributed by atoms with E-state index in [9.17, 15) is 9.59 Å². The van der Waals surface area contributed by atoms with Gasteiger partial charge in [0, 0.05) is 31.7 Å². The van der Waals surface area contributed by atoms with E-state index in [1.165, 1.54) is 23.8 Å². The molecule has 1 aliphatic rings. The predicted octanol–water partition coefficient (Wildman–Crippen LogP) is 3.69. The van der Waals surface area contributed by atoms with Crippen molar-refractivity contribution >= 4 is 11.9 Å². The average molecular weight is 368 g/mol. The number of amides is 1. The van der Waals surface area contributed by atoms with Crippen LogP contribution in [0.4, 0.5) is 0 Å². The molecule has 1 amide bonds. The van der Waals surface area contributed by atoms with Crippen LogP contribution in [0.1, 0.15) is 52.5 Å². The Morgan fingerprint density at radius 2 is 1.89 bits per heavy atom. The van der Waals surface area contributed by atoms with E-state index < -0.39 is 0 Å². The molecule has 2 heterocycles. The summed E-state index contributed by atoms with van der Waals surface area (Å²) in [6, 6.07) is 10.3. The van der Waals surface area contributed by atoms with Crippen molar-refractivity contribution in [3.05, 3.63) is 58.9 Å². The molecule has 0 aliphatic carbocycles. The van der Waals surface area contributed by atoms with Crippen molar-refractivity contribution in [1.29, 1.82) is 0 Å². The van der Waals surface area contributed by atoms with Gasteiger partial charge >= 0.3 is 5.97 Å². The number of carbonyl (C=O) groups is 2. The summed E-state index contributed by atoms with van der Waals surface area (Å²) in [4.78, 5) is 26.4. The number of aromatic nitrogens is 1. The quantitative estimate of drug-likeness (QED) is 0.757. The first-order valence-corrected chi connectivity index (χ1v) is 9.58. The molecule has 0 N–H and O–H groups in total. The summed E-state index contributed by atoms with van der Waals surface area (Å²) in [5, 5.41) is 0. The minimum absolute atomic E-state index is 0.217. The fourth-order valence-corrected chi connectivity index (χ4v) is 3.91. The molecule has 1 aromatic carbocycles. The topological polar surface area (TPSA) is 51.5 Å². The molecule has 5 heteroatoms. The van der Waals surface area contributed by atoms with Gasteiger partial charge in [-0.2, -0.15) is 0 Å². The first-order chi connectivity index (χ1) is 13.0. The van der Waals surface area contributed by atoms with Crippen LogP contribution in [0.2, 0.25) is 0 Å². The van der Waals surface area contributed by atoms with Crippen molar-refractivity contribution in [1.82, 2.24) is 9.47 Å². The van der Waals surface area contributed by atoms with Gasteiger partial charge in [0.1, 0.15) is 5.69 Å². The first kappa shape index (κ1) is 19.2. The molecule has 0 bridgehead atoms. The largest absolute Gasteiger partial charge is 0.464 e. The molecule has 0 unspecified atom stereocenters. The molecule has 0 saturated carbocycles. The second-order valence-corrected chi connectivity index (χ2v) is 7.33. The highest BCUT2D eigenvalue weighted by Crippen LogP contribution is 2.25. The fourth-order valence-electron chi connectivity index (χ4n) is 3.91. The molecule has 27 heavy (non-hydrogen) atoms. The Labute approximate surface area is 160 Å². The third-order valence-corrected chi connectivity index (χ3v) is 5.49. The highest BCUT2D eigenvalue weighted by Gasteiger charge is 2.26. The lowest BCUT2D eigenvalue weighted by Gasteiger charge is -2.33. The van der Waals surface area contributed by atoms with Crippen molar-refractivity contribution in [3.63, 3.8) is 0 Å². The number of ether oxygens (including phenoxy) is 1. The van der Waals surface area contributed by atoms with E-state index in [1.54, 1.807) is 6.07 Å². The van der Waals surface area contributed by atoms with Crippen molar-refractivity contribution in [2.24, 2.45) is 0 Å². The van der Waals surface area contributed by atoms with Gasteiger partial charge < -0.3 is 14.2 Å². The molecule has 1 saturated heterocycles. The van der Waals surface area contributed by atoms with Crippen LogP contribution >= 0.6 is 0 Å². The van der Waals surface area contributed by atoms with Crippen LogP contribution in [0.3, 0.4) is 0 Å². The molecule has 1 aromatic heterocycles. The predicted molar refractivity (Wildman–Crippen MR) is 105 cm³/mol. The summed E-state index contributed by atoms with van der Waals surface area (Å²) >= 11 is 0. The van der Waals surface area contributed by atoms with E-state index in [4.69, 9.17) is 4.74 Å². The average Bonchev–Trinajstić information content (AvgIpc) is 3.16. The number of aryl methyl sites for hydroxylation is 3. The lowest BCUT2D eigenvalue weighted by molar-refractivity contribution is -0.132. The number of nitrogens with zero attached hydrogens (tertiary/aromatic N) is 2. The lowest BCUT2D eigenvalue weighted by atomic mass is 10.00. The number of piperidine rings is 1. The monoisotopic (exact) mass is 368 g/mol. The van der Waals surface area contributed by atoms with Crippen LogP contribution in [-0.2, 0) is 16.0 Å². The third kappa shape index (κ3) is 4.41. The normalized spacial score (nSPS) is 15.0. The van der Waals surface area contributed by atoms with Crippen molar-refractivity contribution in [2.75, 3.05) is 20.2 Å². The van der Waals surface area contributed by atoms with Gasteiger partial charge in [0.05, 0.1) is 7.11 Å². The molecule has 2 aromatic rings. The third-order valence-electron chi connectivity index (χ3n) is 5.49. The van der Waals surface area contributed by atoms with Crippen LogP contribution in [-0.4, -0.2) is 41.5 Å². The van der Waals surface area contributed by atoms with Crippen LogP contribution in [0.25, 0.3) is 0 Å². The Hall–Kier alpha value is -2.56. The van der Waals surface area contributed by atoms with E-state index in [0.29, 0.717) is 12.1 Å². The number of carbonyl (C=O) groups excluding carboxylic acids is 2. The Morgan fingerprint density at radius 1 is 1.15 bits per heavy atom. The summed E-state index contributed by atoms with van der Waals surface area (Å²) in [5.41, 5.74) is 4.33. The maximum Gasteiger partial charge on any atom is 0.354 e. The van der Waals surface area contributed by atoms with Gasteiger partial charge in [-0.1, -0.05) is 23.8 Å². The van der Waals surface area contributed by atoms with E-state index in [2.05, 4.69) is 32.0 Å². The molecule has 0 atom stereocenters. The van der Waals surface area contributed by atoms with E-state index >= 15 is 0 Å². The molecule has 0 spiro atoms. The van der Waals surface area contributed by atoms with Gasteiger partial charge in [-0.3, -0.25) is 4.79 Å². The summed E-state index contributed by atoms with van der Waals surface area (Å²) in [5.74, 6) is -0.0962. The van der Waals surface area contributed by atoms with E-state index in [0.717, 1.165) is 32.4 Å². The Morgan fingerprint density at radius 3 is 2.56 bits per heavy atom. The van der Waals surface area contributed by atoms with E-state index in [-0.39, 0.29) is 17.9 Å². The van der Waals surface area contributed by atoms with Gasteiger partial charge in [0.2, 0.25) is 5.91 Å². The van der Waals surface area contributed by atoms with Crippen molar-refractivity contribution < 1.29 is 14.3 Å². The molecule has 3 rings (SSSR count). The number of benzene rings is 1. The number of hydrogen-bond donors (Lipinski definition) is 0. The smallest absolute Gasteiger partial charge is 0.354 e. The maximum absolute atomic E-state index is 12.6. The molecular weight excluding hydrogens is 340 g/mol. The van der Waals surface area contributed by atoms with Crippen LogP contribution in [0.15, 0.2) is 36.5 Å². The molecule has 1 fully saturated rings. The maximum atomic E-state index is 12.6. The van der Waals surface area contributed by atoms with Crippen molar-refractivity contribution in [3.8, 4) is 0 Å². The molecule has 5 nitrogen and oxygen atoms in total. The fraction of sp³-hybridized carbons (Fsp3) is 0.455. The zero-order valence-corrected chi connectivity index (χ0v) is 16.4. The number of hydrogen-bond acceptors (Lipinski definition) is 3. The zero-order valence-electron chi connectivity index (χ0n) is 16.4. The highest BCUT2D eigenvalue weighted by atomic mass is 16.5. The SMILES string of the molecule is COC(=O)c1cccn1C1CCN(C(=O)CCc2ccc(C)cc2C)CC1. The second kappa shape index (κ2) is 8.42. The van der Waals surface area contributed by atoms with Gasteiger partial charge in [0.15, 0.2) is 0 Å². The minimum atomic E-state index is -0.313. The summed E-state index contributed by atoms with van der Waals surface area (Å²) < 4.78 is 6.84. The molecule has 144 valence electrons. The minimum Gasteiger partial charge on any atom is -0.464 e. The number of methoxy groups -OCH3 is 1. The van der Waals surface area contributed by atoms with Crippen LogP contribution in [0, 0.1) is 13.8 Å². The highest BCUT2D eigenvalue weighted by molar-refractivity contribution is 5.87. The second-order valence-electron chi connectivity index (χ2n) is 7.33. The number of likely N-dealkylation sites (tertiary alicyclic amines) is 1. The standard InChI is InChI=1S/C22H28N2O3/c1-16-6-7-18(17(2)15-16)8-9-21(25)23-13-10-19(11-14-23)24-12-4-5-20(24)22(26)27-3/h4-7,12,15,19H,8-11,13-14H2,1-3H3. The first-order valence-electron chi connectivity index (χ1n) is 9.58. The van der Waals surface area contributed by atoms with Gasteiger partial charge in [-0.05, 0) is 56.4 Å². The molecular formula is C22H28N2O3. The molecule has 0 radical (unpaired) electrons. The Bertz CT molecular complexity index is 817. The van der Waals surface area contributed by atoms with E-state index in [1.807, 2.05) is 21.7 Å². The Kier molecular flexibility index (Phi) is 5.99. The van der Waals surface area contributed by atoms with Crippen molar-refractivity contribution in [2.45, 2.75) is 45.6 Å².